The minimum atomic E-state index is -0.328. The standard InChI is InChI=1S/C12H19BO3/c1-9-6-7-10(14-8-9)13-15-11(2,3)12(4,5)16-13/h6-8,10H,1-5H3. The summed E-state index contributed by atoms with van der Waals surface area (Å²) in [6, 6.07) is -0.148. The third-order valence-electron chi connectivity index (χ3n) is 3.50. The van der Waals surface area contributed by atoms with Gasteiger partial charge < -0.3 is 14.0 Å². The number of hydrogen-bond donors (Lipinski definition) is 0. The second-order valence-electron chi connectivity index (χ2n) is 5.45. The fourth-order valence-electron chi connectivity index (χ4n) is 1.69. The quantitative estimate of drug-likeness (QED) is 0.638. The largest absolute Gasteiger partial charge is 0.506 e. The Morgan fingerprint density at radius 1 is 1.12 bits per heavy atom. The van der Waals surface area contributed by atoms with Crippen molar-refractivity contribution in [2.45, 2.75) is 51.8 Å². The first-order chi connectivity index (χ1) is 7.32. The molecule has 16 heavy (non-hydrogen) atoms. The lowest BCUT2D eigenvalue weighted by Crippen LogP contribution is -2.41. The van der Waals surface area contributed by atoms with Crippen molar-refractivity contribution in [3.05, 3.63) is 24.0 Å². The molecule has 1 unspecified atom stereocenters. The van der Waals surface area contributed by atoms with Gasteiger partial charge in [-0.25, -0.2) is 0 Å². The van der Waals surface area contributed by atoms with Crippen molar-refractivity contribution >= 4 is 7.12 Å². The van der Waals surface area contributed by atoms with Crippen molar-refractivity contribution in [3.8, 4) is 0 Å². The molecule has 0 radical (unpaired) electrons. The van der Waals surface area contributed by atoms with Gasteiger partial charge in [0.25, 0.3) is 0 Å². The minimum Gasteiger partial charge on any atom is -0.496 e. The van der Waals surface area contributed by atoms with Crippen LogP contribution in [0.1, 0.15) is 34.6 Å². The molecular formula is C12H19BO3. The highest BCUT2D eigenvalue weighted by Gasteiger charge is 2.54. The van der Waals surface area contributed by atoms with Crippen LogP contribution in [0.5, 0.6) is 0 Å². The van der Waals surface area contributed by atoms with Crippen LogP contribution in [0.15, 0.2) is 24.0 Å². The van der Waals surface area contributed by atoms with E-state index in [2.05, 4.69) is 0 Å². The Kier molecular flexibility index (Phi) is 2.67. The molecule has 0 spiro atoms. The SMILES string of the molecule is CC1=COC(B2OC(C)(C)C(C)(C)O2)C=C1. The van der Waals surface area contributed by atoms with Crippen LogP contribution in [0.25, 0.3) is 0 Å². The molecule has 4 heteroatoms. The van der Waals surface area contributed by atoms with Crippen LogP contribution in [0.4, 0.5) is 0 Å². The van der Waals surface area contributed by atoms with Crippen molar-refractivity contribution in [1.29, 1.82) is 0 Å². The maximum atomic E-state index is 5.91. The van der Waals surface area contributed by atoms with Crippen molar-refractivity contribution in [2.24, 2.45) is 0 Å². The lowest BCUT2D eigenvalue weighted by Gasteiger charge is -2.32. The fourth-order valence-corrected chi connectivity index (χ4v) is 1.69. The van der Waals surface area contributed by atoms with Crippen LogP contribution >= 0.6 is 0 Å². The van der Waals surface area contributed by atoms with Gasteiger partial charge in [-0.15, -0.1) is 0 Å². The van der Waals surface area contributed by atoms with Crippen LogP contribution in [0.3, 0.4) is 0 Å². The molecule has 88 valence electrons. The summed E-state index contributed by atoms with van der Waals surface area (Å²) in [6.45, 7) is 10.2. The zero-order valence-electron chi connectivity index (χ0n) is 10.6. The van der Waals surface area contributed by atoms with E-state index >= 15 is 0 Å². The van der Waals surface area contributed by atoms with Gasteiger partial charge in [0.1, 0.15) is 0 Å². The highest BCUT2D eigenvalue weighted by molar-refractivity contribution is 6.48. The van der Waals surface area contributed by atoms with E-state index in [1.165, 1.54) is 0 Å². The van der Waals surface area contributed by atoms with Gasteiger partial charge in [0.05, 0.1) is 17.5 Å². The summed E-state index contributed by atoms with van der Waals surface area (Å²) in [4.78, 5) is 0. The number of hydrogen-bond acceptors (Lipinski definition) is 3. The lowest BCUT2D eigenvalue weighted by molar-refractivity contribution is 0.00578. The van der Waals surface area contributed by atoms with Gasteiger partial charge in [-0.05, 0) is 46.3 Å². The van der Waals surface area contributed by atoms with Gasteiger partial charge in [0.2, 0.25) is 0 Å². The van der Waals surface area contributed by atoms with Gasteiger partial charge in [0.15, 0.2) is 6.00 Å². The Bertz CT molecular complexity index is 328. The predicted molar refractivity (Wildman–Crippen MR) is 63.9 cm³/mol. The van der Waals surface area contributed by atoms with Gasteiger partial charge in [0, 0.05) is 0 Å². The Hall–Kier alpha value is -0.735. The minimum absolute atomic E-state index is 0.148. The zero-order valence-corrected chi connectivity index (χ0v) is 10.6. The first kappa shape index (κ1) is 11.7. The highest BCUT2D eigenvalue weighted by atomic mass is 16.7. The molecule has 0 N–H and O–H groups in total. The third-order valence-corrected chi connectivity index (χ3v) is 3.50. The maximum Gasteiger partial charge on any atom is 0.506 e. The Morgan fingerprint density at radius 3 is 2.12 bits per heavy atom. The van der Waals surface area contributed by atoms with Crippen molar-refractivity contribution in [1.82, 2.24) is 0 Å². The molecule has 2 rings (SSSR count). The summed E-state index contributed by atoms with van der Waals surface area (Å²) < 4.78 is 17.4. The molecule has 2 heterocycles. The predicted octanol–water partition coefficient (Wildman–Crippen LogP) is 2.48. The van der Waals surface area contributed by atoms with Crippen molar-refractivity contribution in [3.63, 3.8) is 0 Å². The summed E-state index contributed by atoms with van der Waals surface area (Å²) in [5.74, 6) is 0. The van der Waals surface area contributed by atoms with Crippen molar-refractivity contribution in [2.75, 3.05) is 0 Å². The van der Waals surface area contributed by atoms with Crippen LogP contribution < -0.4 is 0 Å². The topological polar surface area (TPSA) is 27.7 Å². The summed E-state index contributed by atoms with van der Waals surface area (Å²) in [7, 11) is -0.328. The molecule has 1 fully saturated rings. The molecule has 0 amide bonds. The number of ether oxygens (including phenoxy) is 1. The molecule has 0 saturated carbocycles. The van der Waals surface area contributed by atoms with E-state index < -0.39 is 0 Å². The van der Waals surface area contributed by atoms with Crippen molar-refractivity contribution < 1.29 is 14.0 Å². The van der Waals surface area contributed by atoms with E-state index in [1.807, 2.05) is 46.8 Å². The second kappa shape index (κ2) is 3.64. The summed E-state index contributed by atoms with van der Waals surface area (Å²) in [6.07, 6.45) is 5.76. The average Bonchev–Trinajstić information content (AvgIpc) is 2.37. The third kappa shape index (κ3) is 1.92. The monoisotopic (exact) mass is 222 g/mol. The number of rotatable bonds is 1. The molecule has 2 aliphatic rings. The molecule has 0 aromatic carbocycles. The van der Waals surface area contributed by atoms with Gasteiger partial charge >= 0.3 is 7.12 Å². The maximum absolute atomic E-state index is 5.91. The molecule has 0 aromatic heterocycles. The molecule has 1 saturated heterocycles. The van der Waals surface area contributed by atoms with E-state index in [-0.39, 0.29) is 24.3 Å². The molecule has 0 aromatic rings. The smallest absolute Gasteiger partial charge is 0.496 e. The van der Waals surface area contributed by atoms with E-state index in [0.717, 1.165) is 5.57 Å². The Morgan fingerprint density at radius 2 is 1.69 bits per heavy atom. The normalized spacial score (nSPS) is 31.2. The molecule has 1 atom stereocenters. The molecule has 0 bridgehead atoms. The van der Waals surface area contributed by atoms with Gasteiger partial charge in [-0.2, -0.15) is 0 Å². The fraction of sp³-hybridized carbons (Fsp3) is 0.667. The average molecular weight is 222 g/mol. The van der Waals surface area contributed by atoms with E-state index in [1.54, 1.807) is 6.26 Å². The van der Waals surface area contributed by atoms with Crippen LogP contribution in [0, 0.1) is 0 Å². The molecule has 3 nitrogen and oxygen atoms in total. The Balaban J connectivity index is 2.08. The second-order valence-corrected chi connectivity index (χ2v) is 5.45. The van der Waals surface area contributed by atoms with Crippen LogP contribution in [-0.4, -0.2) is 24.3 Å². The molecule has 0 aliphatic carbocycles. The lowest BCUT2D eigenvalue weighted by atomic mass is 9.80. The Labute approximate surface area is 97.6 Å². The van der Waals surface area contributed by atoms with E-state index in [9.17, 15) is 0 Å². The van der Waals surface area contributed by atoms with Gasteiger partial charge in [-0.1, -0.05) is 6.08 Å². The first-order valence-corrected chi connectivity index (χ1v) is 5.68. The zero-order chi connectivity index (χ0) is 12.0. The summed E-state index contributed by atoms with van der Waals surface area (Å²) in [5.41, 5.74) is 0.503. The van der Waals surface area contributed by atoms with Crippen LogP contribution in [-0.2, 0) is 14.0 Å². The summed E-state index contributed by atoms with van der Waals surface area (Å²) >= 11 is 0. The molecule has 2 aliphatic heterocycles. The van der Waals surface area contributed by atoms with Crippen LogP contribution in [0.2, 0.25) is 0 Å². The van der Waals surface area contributed by atoms with Gasteiger partial charge in [-0.3, -0.25) is 0 Å². The van der Waals surface area contributed by atoms with E-state index in [4.69, 9.17) is 14.0 Å². The number of allylic oxidation sites excluding steroid dienone is 2. The van der Waals surface area contributed by atoms with E-state index in [0.29, 0.717) is 0 Å². The molecular weight excluding hydrogens is 203 g/mol. The highest BCUT2D eigenvalue weighted by Crippen LogP contribution is 2.38. The summed E-state index contributed by atoms with van der Waals surface area (Å²) in [5, 5.41) is 0. The first-order valence-electron chi connectivity index (χ1n) is 5.68.